The monoisotopic (exact) mass is 406 g/mol. The summed E-state index contributed by atoms with van der Waals surface area (Å²) in [4.78, 5) is 0. The van der Waals surface area contributed by atoms with Crippen LogP contribution in [0.5, 0.6) is 0 Å². The number of benzene rings is 2. The van der Waals surface area contributed by atoms with E-state index < -0.39 is 0 Å². The molecule has 0 radical (unpaired) electrons. The quantitative estimate of drug-likeness (QED) is 0.684. The average Bonchev–Trinajstić information content (AvgIpc) is 2.38. The predicted molar refractivity (Wildman–Crippen MR) is 72.7 cm³/mol. The third-order valence-corrected chi connectivity index (χ3v) is 4.16. The van der Waals surface area contributed by atoms with Gasteiger partial charge in [-0.2, -0.15) is 0 Å². The van der Waals surface area contributed by atoms with Crippen molar-refractivity contribution in [1.82, 2.24) is 0 Å². The van der Waals surface area contributed by atoms with Gasteiger partial charge in [-0.3, -0.25) is 0 Å². The SMILES string of the molecule is [BiH2][CH2]CC(c1ccccc1)c1ccccc1. The summed E-state index contributed by atoms with van der Waals surface area (Å²) in [6, 6.07) is 21.7. The zero-order valence-corrected chi connectivity index (χ0v) is 13.8. The van der Waals surface area contributed by atoms with Gasteiger partial charge in [0.15, 0.2) is 0 Å². The van der Waals surface area contributed by atoms with E-state index in [-0.39, 0.29) is 0 Å². The van der Waals surface area contributed by atoms with Crippen LogP contribution in [0.2, 0.25) is 4.13 Å². The first-order chi connectivity index (χ1) is 7.92. The van der Waals surface area contributed by atoms with E-state index in [4.69, 9.17) is 0 Å². The third kappa shape index (κ3) is 2.92. The molecule has 0 saturated carbocycles. The Morgan fingerprint density at radius 2 is 1.19 bits per heavy atom. The fourth-order valence-corrected chi connectivity index (χ4v) is 3.36. The van der Waals surface area contributed by atoms with Gasteiger partial charge in [-0.15, -0.1) is 0 Å². The molecule has 82 valence electrons. The molecule has 0 aliphatic heterocycles. The molecular formula is C15H17Bi. The second kappa shape index (κ2) is 6.16. The summed E-state index contributed by atoms with van der Waals surface area (Å²) in [5, 5.41) is 0. The van der Waals surface area contributed by atoms with Crippen LogP contribution in [0.1, 0.15) is 23.5 Å². The Morgan fingerprint density at radius 3 is 1.56 bits per heavy atom. The van der Waals surface area contributed by atoms with Crippen LogP contribution < -0.4 is 0 Å². The summed E-state index contributed by atoms with van der Waals surface area (Å²) in [6.07, 6.45) is 1.29. The van der Waals surface area contributed by atoms with Crippen molar-refractivity contribution in [1.29, 1.82) is 0 Å². The minimum absolute atomic E-state index is 0.590. The average molecular weight is 406 g/mol. The van der Waals surface area contributed by atoms with Crippen LogP contribution in [0.25, 0.3) is 0 Å². The summed E-state index contributed by atoms with van der Waals surface area (Å²) in [6.45, 7) is 0. The molecule has 1 heteroatoms. The van der Waals surface area contributed by atoms with Crippen molar-refractivity contribution in [3.8, 4) is 0 Å². The molecule has 0 N–H and O–H groups in total. The van der Waals surface area contributed by atoms with Crippen molar-refractivity contribution in [3.05, 3.63) is 71.8 Å². The Hall–Kier alpha value is -0.677. The molecule has 0 spiro atoms. The topological polar surface area (TPSA) is 0 Å². The van der Waals surface area contributed by atoms with E-state index in [0.717, 1.165) is 24.7 Å². The van der Waals surface area contributed by atoms with Crippen LogP contribution in [-0.4, -0.2) is 24.7 Å². The van der Waals surface area contributed by atoms with E-state index in [1.165, 1.54) is 21.7 Å². The summed E-state index contributed by atoms with van der Waals surface area (Å²) in [5.74, 6) is 0.590. The van der Waals surface area contributed by atoms with Crippen LogP contribution >= 0.6 is 0 Å². The van der Waals surface area contributed by atoms with E-state index in [2.05, 4.69) is 60.7 Å². The molecule has 0 bridgehead atoms. The zero-order valence-electron chi connectivity index (χ0n) is 9.34. The summed E-state index contributed by atoms with van der Waals surface area (Å²) >= 11 is 1.10. The molecule has 0 saturated heterocycles. The zero-order chi connectivity index (χ0) is 11.2. The van der Waals surface area contributed by atoms with Crippen LogP contribution in [-0.2, 0) is 0 Å². The van der Waals surface area contributed by atoms with Gasteiger partial charge in [-0.1, -0.05) is 0 Å². The van der Waals surface area contributed by atoms with Crippen LogP contribution in [0, 0.1) is 0 Å². The molecule has 0 aliphatic rings. The minimum atomic E-state index is 0.590. The first kappa shape index (κ1) is 11.8. The maximum atomic E-state index is 2.25. The second-order valence-electron chi connectivity index (χ2n) is 3.95. The van der Waals surface area contributed by atoms with Crippen molar-refractivity contribution < 1.29 is 0 Å². The fraction of sp³-hybridized carbons (Fsp3) is 0.200. The van der Waals surface area contributed by atoms with Gasteiger partial charge in [-0.05, 0) is 0 Å². The van der Waals surface area contributed by atoms with Crippen LogP contribution in [0.3, 0.4) is 0 Å². The Labute approximate surface area is 113 Å². The normalized spacial score (nSPS) is 10.6. The third-order valence-electron chi connectivity index (χ3n) is 2.86. The molecular weight excluding hydrogens is 389 g/mol. The van der Waals surface area contributed by atoms with E-state index in [1.54, 1.807) is 0 Å². The van der Waals surface area contributed by atoms with Crippen LogP contribution in [0.15, 0.2) is 60.7 Å². The molecule has 0 heterocycles. The van der Waals surface area contributed by atoms with Crippen molar-refractivity contribution in [3.63, 3.8) is 0 Å². The molecule has 0 amide bonds. The van der Waals surface area contributed by atoms with Gasteiger partial charge in [0.2, 0.25) is 0 Å². The van der Waals surface area contributed by atoms with Gasteiger partial charge in [-0.25, -0.2) is 0 Å². The second-order valence-corrected chi connectivity index (χ2v) is 6.20. The summed E-state index contributed by atoms with van der Waals surface area (Å²) < 4.78 is 1.38. The fourth-order valence-electron chi connectivity index (χ4n) is 2.06. The Bertz CT molecular complexity index is 368. The van der Waals surface area contributed by atoms with Gasteiger partial charge in [0.25, 0.3) is 0 Å². The predicted octanol–water partition coefficient (Wildman–Crippen LogP) is 3.26. The van der Waals surface area contributed by atoms with E-state index in [0.29, 0.717) is 5.92 Å². The molecule has 0 aromatic heterocycles. The first-order valence-corrected chi connectivity index (χ1v) is 8.89. The standard InChI is InChI=1S/C15H15.Bi.2H/c1-2-15(13-9-5-3-6-10-13)14-11-7-4-8-12-14;;;/h3-12,15H,1-2H2;;;. The number of hydrogen-bond acceptors (Lipinski definition) is 0. The van der Waals surface area contributed by atoms with E-state index in [9.17, 15) is 0 Å². The number of hydrogen-bond donors (Lipinski definition) is 0. The van der Waals surface area contributed by atoms with Crippen LogP contribution in [0.4, 0.5) is 0 Å². The Morgan fingerprint density at radius 1 is 0.750 bits per heavy atom. The van der Waals surface area contributed by atoms with Gasteiger partial charge >= 0.3 is 113 Å². The Balaban J connectivity index is 2.31. The molecule has 2 aromatic rings. The molecule has 16 heavy (non-hydrogen) atoms. The van der Waals surface area contributed by atoms with Crippen molar-refractivity contribution >= 4 is 24.7 Å². The summed E-state index contributed by atoms with van der Waals surface area (Å²) in [5.41, 5.74) is 2.91. The molecule has 0 atom stereocenters. The Kier molecular flexibility index (Phi) is 4.54. The van der Waals surface area contributed by atoms with E-state index in [1.807, 2.05) is 0 Å². The molecule has 2 rings (SSSR count). The van der Waals surface area contributed by atoms with Gasteiger partial charge in [0, 0.05) is 0 Å². The molecule has 0 fully saturated rings. The molecule has 0 aliphatic carbocycles. The maximum absolute atomic E-state index is 2.25. The summed E-state index contributed by atoms with van der Waals surface area (Å²) in [7, 11) is 0. The molecule has 0 nitrogen and oxygen atoms in total. The van der Waals surface area contributed by atoms with Gasteiger partial charge < -0.3 is 0 Å². The van der Waals surface area contributed by atoms with Gasteiger partial charge in [0.1, 0.15) is 0 Å². The number of rotatable bonds is 4. The van der Waals surface area contributed by atoms with E-state index >= 15 is 0 Å². The first-order valence-electron chi connectivity index (χ1n) is 5.72. The van der Waals surface area contributed by atoms with Crippen molar-refractivity contribution in [2.45, 2.75) is 16.5 Å². The van der Waals surface area contributed by atoms with Crippen molar-refractivity contribution in [2.24, 2.45) is 0 Å². The van der Waals surface area contributed by atoms with Crippen molar-refractivity contribution in [2.75, 3.05) is 0 Å². The molecule has 0 unspecified atom stereocenters. The van der Waals surface area contributed by atoms with Gasteiger partial charge in [0.05, 0.1) is 0 Å². The molecule has 2 aromatic carbocycles.